The highest BCUT2D eigenvalue weighted by molar-refractivity contribution is 7.10. The summed E-state index contributed by atoms with van der Waals surface area (Å²) in [6.45, 7) is -0.457. The van der Waals surface area contributed by atoms with E-state index < -0.39 is 41.9 Å². The van der Waals surface area contributed by atoms with E-state index in [1.807, 2.05) is 0 Å². The molecule has 3 aromatic carbocycles. The molecule has 3 heterocycles. The fraction of sp³-hybridized carbons (Fsp3) is 0.133. The topological polar surface area (TPSA) is 105 Å². The maximum absolute atomic E-state index is 14.0. The fourth-order valence-electron chi connectivity index (χ4n) is 4.80. The number of thiophene rings is 1. The van der Waals surface area contributed by atoms with Crippen molar-refractivity contribution < 1.29 is 33.0 Å². The lowest BCUT2D eigenvalue weighted by Gasteiger charge is -2.32. The number of nitrogens with one attached hydrogen (secondary N) is 1. The summed E-state index contributed by atoms with van der Waals surface area (Å²) in [7, 11) is 0. The highest BCUT2D eigenvalue weighted by atomic mass is 32.1. The van der Waals surface area contributed by atoms with E-state index in [0.717, 1.165) is 4.90 Å². The summed E-state index contributed by atoms with van der Waals surface area (Å²) in [4.78, 5) is 56.3. The molecule has 0 spiro atoms. The quantitative estimate of drug-likeness (QED) is 0.311. The van der Waals surface area contributed by atoms with Crippen molar-refractivity contribution in [3.63, 3.8) is 0 Å². The number of hydrogen-bond donors (Lipinski definition) is 1. The molecule has 0 fully saturated rings. The highest BCUT2D eigenvalue weighted by Crippen LogP contribution is 2.36. The lowest BCUT2D eigenvalue weighted by atomic mass is 10.1. The Balaban J connectivity index is 1.35. The van der Waals surface area contributed by atoms with Crippen molar-refractivity contribution in [2.75, 3.05) is 23.6 Å². The number of fused-ring (bicyclic) bond motifs is 2. The molecule has 6 rings (SSSR count). The third kappa shape index (κ3) is 5.14. The van der Waals surface area contributed by atoms with Gasteiger partial charge in [0.1, 0.15) is 18.4 Å². The van der Waals surface area contributed by atoms with Crippen LogP contribution in [0.25, 0.3) is 0 Å². The summed E-state index contributed by atoms with van der Waals surface area (Å²) in [5.74, 6) is -2.02. The van der Waals surface area contributed by atoms with Crippen LogP contribution in [0.2, 0.25) is 0 Å². The number of carbonyl (C=O) groups excluding carboxylic acids is 4. The molecule has 9 nitrogen and oxygen atoms in total. The van der Waals surface area contributed by atoms with E-state index in [0.29, 0.717) is 33.3 Å². The number of anilines is 2. The standard InChI is InChI=1S/C30H22FN3O6S/c31-19-9-7-18(8-10-19)15-34(26(35)16-33-22-5-2-1-4-21(22)28(36)30(33)38)27(25-6-3-13-41-25)29(37)32-20-11-12-23-24(14-20)40-17-39-23/h1-14,27H,15-17H2,(H,32,37)/t27-/m0/s1. The van der Waals surface area contributed by atoms with Crippen molar-refractivity contribution in [3.05, 3.63) is 106 Å². The number of rotatable bonds is 8. The van der Waals surface area contributed by atoms with Crippen LogP contribution in [0.4, 0.5) is 15.8 Å². The zero-order valence-corrected chi connectivity index (χ0v) is 22.2. The molecule has 0 radical (unpaired) electrons. The Labute approximate surface area is 237 Å². The van der Waals surface area contributed by atoms with E-state index in [9.17, 15) is 23.6 Å². The smallest absolute Gasteiger partial charge is 0.299 e. The number of amides is 3. The molecule has 1 atom stereocenters. The Morgan fingerprint density at radius 1 is 0.976 bits per heavy atom. The number of halogens is 1. The van der Waals surface area contributed by atoms with Gasteiger partial charge in [-0.15, -0.1) is 11.3 Å². The third-order valence-electron chi connectivity index (χ3n) is 6.77. The van der Waals surface area contributed by atoms with E-state index >= 15 is 0 Å². The largest absolute Gasteiger partial charge is 0.454 e. The highest BCUT2D eigenvalue weighted by Gasteiger charge is 2.39. The Hall–Kier alpha value is -5.03. The zero-order chi connectivity index (χ0) is 28.5. The van der Waals surface area contributed by atoms with Gasteiger partial charge < -0.3 is 19.7 Å². The SMILES string of the molecule is O=C1C(=O)N(CC(=O)N(Cc2ccc(F)cc2)[C@H](C(=O)Nc2ccc3c(c2)OCO3)c2cccs2)c2ccccc21. The third-order valence-corrected chi connectivity index (χ3v) is 7.70. The predicted molar refractivity (Wildman–Crippen MR) is 148 cm³/mol. The molecule has 1 aromatic heterocycles. The van der Waals surface area contributed by atoms with Gasteiger partial charge in [-0.25, -0.2) is 4.39 Å². The van der Waals surface area contributed by atoms with Crippen molar-refractivity contribution in [1.29, 1.82) is 0 Å². The average Bonchev–Trinajstić information content (AvgIpc) is 3.72. The van der Waals surface area contributed by atoms with Gasteiger partial charge in [-0.1, -0.05) is 30.3 Å². The molecule has 0 unspecified atom stereocenters. The van der Waals surface area contributed by atoms with Gasteiger partial charge in [0.15, 0.2) is 11.5 Å². The molecule has 0 aliphatic carbocycles. The number of hydrogen-bond acceptors (Lipinski definition) is 7. The second-order valence-corrected chi connectivity index (χ2v) is 10.3. The van der Waals surface area contributed by atoms with Crippen molar-refractivity contribution in [3.8, 4) is 11.5 Å². The molecule has 1 N–H and O–H groups in total. The number of benzene rings is 3. The number of carbonyl (C=O) groups is 4. The molecule has 4 aromatic rings. The Kier molecular flexibility index (Phi) is 6.94. The van der Waals surface area contributed by atoms with Gasteiger partial charge in [0, 0.05) is 23.2 Å². The lowest BCUT2D eigenvalue weighted by Crippen LogP contribution is -2.46. The first-order chi connectivity index (χ1) is 19.9. The normalized spacial score (nSPS) is 14.1. The fourth-order valence-corrected chi connectivity index (χ4v) is 5.63. The van der Waals surface area contributed by atoms with Gasteiger partial charge in [0.25, 0.3) is 17.6 Å². The summed E-state index contributed by atoms with van der Waals surface area (Å²) < 4.78 is 24.4. The Morgan fingerprint density at radius 3 is 2.54 bits per heavy atom. The number of ether oxygens (including phenoxy) is 2. The van der Waals surface area contributed by atoms with Gasteiger partial charge in [0.2, 0.25) is 12.7 Å². The second kappa shape index (κ2) is 10.9. The van der Waals surface area contributed by atoms with Crippen LogP contribution in [0.5, 0.6) is 11.5 Å². The summed E-state index contributed by atoms with van der Waals surface area (Å²) >= 11 is 1.29. The lowest BCUT2D eigenvalue weighted by molar-refractivity contribution is -0.138. The molecule has 0 saturated heterocycles. The summed E-state index contributed by atoms with van der Waals surface area (Å²) in [5, 5.41) is 4.65. The number of para-hydroxylation sites is 1. The summed E-state index contributed by atoms with van der Waals surface area (Å²) in [6, 6.07) is 19.4. The van der Waals surface area contributed by atoms with Crippen LogP contribution in [-0.4, -0.2) is 41.7 Å². The van der Waals surface area contributed by atoms with E-state index in [4.69, 9.17) is 9.47 Å². The molecule has 3 amide bonds. The first kappa shape index (κ1) is 26.2. The van der Waals surface area contributed by atoms with E-state index in [1.165, 1.54) is 46.6 Å². The summed E-state index contributed by atoms with van der Waals surface area (Å²) in [6.07, 6.45) is 0. The van der Waals surface area contributed by atoms with E-state index in [2.05, 4.69) is 5.32 Å². The molecule has 0 saturated carbocycles. The van der Waals surface area contributed by atoms with Crippen LogP contribution >= 0.6 is 11.3 Å². The molecule has 2 aliphatic rings. The van der Waals surface area contributed by atoms with Crippen molar-refractivity contribution in [2.24, 2.45) is 0 Å². The van der Waals surface area contributed by atoms with Crippen molar-refractivity contribution >= 4 is 46.2 Å². The molecular formula is C30H22FN3O6S. The van der Waals surface area contributed by atoms with Crippen LogP contribution in [0.15, 0.2) is 84.2 Å². The number of Topliss-reactive ketones (excluding diaryl/α,β-unsaturated/α-hetero) is 1. The summed E-state index contributed by atoms with van der Waals surface area (Å²) in [5.41, 5.74) is 1.55. The van der Waals surface area contributed by atoms with Gasteiger partial charge in [-0.05, 0) is 53.4 Å². The molecular weight excluding hydrogens is 549 g/mol. The number of ketones is 1. The number of nitrogens with zero attached hydrogens (tertiary/aromatic N) is 2. The van der Waals surface area contributed by atoms with Crippen LogP contribution < -0.4 is 19.7 Å². The van der Waals surface area contributed by atoms with E-state index in [1.54, 1.807) is 53.9 Å². The minimum Gasteiger partial charge on any atom is -0.454 e. The Bertz CT molecular complexity index is 1660. The van der Waals surface area contributed by atoms with E-state index in [-0.39, 0.29) is 18.9 Å². The monoisotopic (exact) mass is 571 g/mol. The molecule has 41 heavy (non-hydrogen) atoms. The minimum atomic E-state index is -1.11. The van der Waals surface area contributed by atoms with Gasteiger partial charge in [0.05, 0.1) is 11.3 Å². The van der Waals surface area contributed by atoms with Gasteiger partial charge >= 0.3 is 0 Å². The van der Waals surface area contributed by atoms with Crippen molar-refractivity contribution in [1.82, 2.24) is 4.90 Å². The van der Waals surface area contributed by atoms with Crippen molar-refractivity contribution in [2.45, 2.75) is 12.6 Å². The van der Waals surface area contributed by atoms with Crippen LogP contribution in [0, 0.1) is 5.82 Å². The molecule has 206 valence electrons. The average molecular weight is 572 g/mol. The second-order valence-electron chi connectivity index (χ2n) is 9.36. The maximum Gasteiger partial charge on any atom is 0.299 e. The van der Waals surface area contributed by atoms with Crippen LogP contribution in [0.1, 0.15) is 26.8 Å². The molecule has 0 bridgehead atoms. The Morgan fingerprint density at radius 2 is 1.76 bits per heavy atom. The first-order valence-corrected chi connectivity index (χ1v) is 13.5. The molecule has 11 heteroatoms. The minimum absolute atomic E-state index is 0.0616. The van der Waals surface area contributed by atoms with Gasteiger partial charge in [-0.2, -0.15) is 0 Å². The first-order valence-electron chi connectivity index (χ1n) is 12.6. The molecule has 2 aliphatic heterocycles. The maximum atomic E-state index is 14.0. The predicted octanol–water partition coefficient (Wildman–Crippen LogP) is 4.55. The van der Waals surface area contributed by atoms with Crippen LogP contribution in [0.3, 0.4) is 0 Å². The van der Waals surface area contributed by atoms with Crippen LogP contribution in [-0.2, 0) is 20.9 Å². The zero-order valence-electron chi connectivity index (χ0n) is 21.4. The van der Waals surface area contributed by atoms with Gasteiger partial charge in [-0.3, -0.25) is 24.1 Å².